The Balaban J connectivity index is 2.34. The number of esters is 1. The van der Waals surface area contributed by atoms with Gasteiger partial charge in [0.15, 0.2) is 0 Å². The molecule has 0 bridgehead atoms. The van der Waals surface area contributed by atoms with Crippen molar-refractivity contribution >= 4 is 5.97 Å². The number of carbonyl (C=O) groups excluding carboxylic acids is 1. The average Bonchev–Trinajstić information content (AvgIpc) is 2.81. The Bertz CT molecular complexity index is 501. The van der Waals surface area contributed by atoms with Crippen LogP contribution >= 0.6 is 0 Å². The molecule has 0 fully saturated rings. The molecule has 2 rings (SSSR count). The number of hydrogen-bond donors (Lipinski definition) is 1. The van der Waals surface area contributed by atoms with Gasteiger partial charge < -0.3 is 19.9 Å². The van der Waals surface area contributed by atoms with Crippen LogP contribution in [0.1, 0.15) is 30.4 Å². The van der Waals surface area contributed by atoms with Crippen LogP contribution in [0.25, 0.3) is 0 Å². The van der Waals surface area contributed by atoms with Gasteiger partial charge in [-0.1, -0.05) is 0 Å². The van der Waals surface area contributed by atoms with Crippen LogP contribution in [0.15, 0.2) is 12.1 Å². The van der Waals surface area contributed by atoms with Crippen LogP contribution in [0, 0.1) is 0 Å². The Morgan fingerprint density at radius 1 is 1.50 bits per heavy atom. The van der Waals surface area contributed by atoms with E-state index in [1.165, 1.54) is 7.11 Å². The van der Waals surface area contributed by atoms with Gasteiger partial charge in [-0.25, -0.2) is 0 Å². The summed E-state index contributed by atoms with van der Waals surface area (Å²) in [7, 11) is 3.00. The van der Waals surface area contributed by atoms with Gasteiger partial charge in [-0.15, -0.1) is 0 Å². The maximum atomic E-state index is 11.5. The monoisotopic (exact) mass is 279 g/mol. The average molecular weight is 279 g/mol. The fraction of sp³-hybridized carbons (Fsp3) is 0.533. The summed E-state index contributed by atoms with van der Waals surface area (Å²) in [6, 6.07) is 3.92. The molecular formula is C15H21NO4. The van der Waals surface area contributed by atoms with E-state index in [1.807, 2.05) is 19.1 Å². The van der Waals surface area contributed by atoms with E-state index >= 15 is 0 Å². The Morgan fingerprint density at radius 3 is 2.85 bits per heavy atom. The molecule has 0 aliphatic carbocycles. The van der Waals surface area contributed by atoms with Crippen molar-refractivity contribution in [3.63, 3.8) is 0 Å². The minimum atomic E-state index is -0.280. The molecule has 5 nitrogen and oxygen atoms in total. The van der Waals surface area contributed by atoms with Crippen LogP contribution < -0.4 is 15.2 Å². The molecule has 2 atom stereocenters. The third-order valence-corrected chi connectivity index (χ3v) is 3.61. The van der Waals surface area contributed by atoms with Crippen LogP contribution in [0.2, 0.25) is 0 Å². The number of hydrogen-bond acceptors (Lipinski definition) is 5. The van der Waals surface area contributed by atoms with E-state index in [-0.39, 0.29) is 24.4 Å². The first-order chi connectivity index (χ1) is 9.58. The van der Waals surface area contributed by atoms with Crippen LogP contribution in [-0.2, 0) is 16.0 Å². The summed E-state index contributed by atoms with van der Waals surface area (Å²) in [6.45, 7) is 2.38. The second-order valence-electron chi connectivity index (χ2n) is 5.05. The topological polar surface area (TPSA) is 70.8 Å². The van der Waals surface area contributed by atoms with Crippen molar-refractivity contribution < 1.29 is 19.0 Å². The molecule has 2 unspecified atom stereocenters. The fourth-order valence-corrected chi connectivity index (χ4v) is 2.56. The maximum Gasteiger partial charge on any atom is 0.306 e. The van der Waals surface area contributed by atoms with Gasteiger partial charge in [0.05, 0.1) is 20.6 Å². The van der Waals surface area contributed by atoms with Gasteiger partial charge in [-0.2, -0.15) is 0 Å². The number of rotatable bonds is 5. The van der Waals surface area contributed by atoms with Crippen molar-refractivity contribution in [2.24, 2.45) is 5.73 Å². The highest BCUT2D eigenvalue weighted by Gasteiger charge is 2.25. The highest BCUT2D eigenvalue weighted by molar-refractivity contribution is 5.71. The Hall–Kier alpha value is -1.75. The lowest BCUT2D eigenvalue weighted by Crippen LogP contribution is -2.18. The fourth-order valence-electron chi connectivity index (χ4n) is 2.56. The lowest BCUT2D eigenvalue weighted by Gasteiger charge is -2.18. The van der Waals surface area contributed by atoms with Crippen molar-refractivity contribution in [2.75, 3.05) is 20.8 Å². The van der Waals surface area contributed by atoms with Crippen molar-refractivity contribution in [1.29, 1.82) is 0 Å². The van der Waals surface area contributed by atoms with Gasteiger partial charge in [-0.05, 0) is 25.6 Å². The van der Waals surface area contributed by atoms with Crippen molar-refractivity contribution in [3.05, 3.63) is 23.3 Å². The first-order valence-electron chi connectivity index (χ1n) is 6.73. The maximum absolute atomic E-state index is 11.5. The van der Waals surface area contributed by atoms with Crippen LogP contribution in [-0.4, -0.2) is 32.8 Å². The summed E-state index contributed by atoms with van der Waals surface area (Å²) in [5, 5.41) is 0. The minimum absolute atomic E-state index is 0.137. The molecule has 0 aromatic heterocycles. The molecular weight excluding hydrogens is 258 g/mol. The lowest BCUT2D eigenvalue weighted by molar-refractivity contribution is -0.141. The van der Waals surface area contributed by atoms with E-state index in [0.717, 1.165) is 29.0 Å². The normalized spacial score (nSPS) is 18.1. The SMILES string of the molecule is COC(=O)CC(CN)c1cc2c(cc1OC)CC(C)O2. The molecule has 0 saturated carbocycles. The summed E-state index contributed by atoms with van der Waals surface area (Å²) in [6.07, 6.45) is 1.27. The molecule has 20 heavy (non-hydrogen) atoms. The zero-order valence-corrected chi connectivity index (χ0v) is 12.1. The second-order valence-corrected chi connectivity index (χ2v) is 5.05. The zero-order chi connectivity index (χ0) is 14.7. The molecule has 1 aliphatic rings. The lowest BCUT2D eigenvalue weighted by atomic mass is 9.93. The van der Waals surface area contributed by atoms with Gasteiger partial charge in [-0.3, -0.25) is 4.79 Å². The predicted molar refractivity (Wildman–Crippen MR) is 75.2 cm³/mol. The molecule has 1 heterocycles. The molecule has 0 spiro atoms. The predicted octanol–water partition coefficient (Wildman–Crippen LogP) is 1.62. The van der Waals surface area contributed by atoms with Gasteiger partial charge >= 0.3 is 5.97 Å². The van der Waals surface area contributed by atoms with Crippen LogP contribution in [0.4, 0.5) is 0 Å². The van der Waals surface area contributed by atoms with Gasteiger partial charge in [0.1, 0.15) is 17.6 Å². The van der Waals surface area contributed by atoms with E-state index in [2.05, 4.69) is 0 Å². The minimum Gasteiger partial charge on any atom is -0.496 e. The first-order valence-corrected chi connectivity index (χ1v) is 6.73. The molecule has 5 heteroatoms. The summed E-state index contributed by atoms with van der Waals surface area (Å²) in [4.78, 5) is 11.5. The molecule has 0 radical (unpaired) electrons. The Morgan fingerprint density at radius 2 is 2.25 bits per heavy atom. The third kappa shape index (κ3) is 2.88. The Labute approximate surface area is 119 Å². The van der Waals surface area contributed by atoms with Gasteiger partial charge in [0, 0.05) is 23.5 Å². The summed E-state index contributed by atoms with van der Waals surface area (Å²) < 4.78 is 15.9. The molecule has 1 aromatic rings. The molecule has 1 aromatic carbocycles. The number of benzene rings is 1. The summed E-state index contributed by atoms with van der Waals surface area (Å²) in [5.74, 6) is 1.19. The third-order valence-electron chi connectivity index (χ3n) is 3.61. The molecule has 2 N–H and O–H groups in total. The second kappa shape index (κ2) is 6.13. The number of nitrogens with two attached hydrogens (primary N) is 1. The zero-order valence-electron chi connectivity index (χ0n) is 12.1. The smallest absolute Gasteiger partial charge is 0.306 e. The summed E-state index contributed by atoms with van der Waals surface area (Å²) >= 11 is 0. The van der Waals surface area contributed by atoms with Gasteiger partial charge in [0.2, 0.25) is 0 Å². The van der Waals surface area contributed by atoms with E-state index in [9.17, 15) is 4.79 Å². The van der Waals surface area contributed by atoms with Crippen molar-refractivity contribution in [3.8, 4) is 11.5 Å². The van der Waals surface area contributed by atoms with E-state index < -0.39 is 0 Å². The number of ether oxygens (including phenoxy) is 3. The molecule has 110 valence electrons. The number of fused-ring (bicyclic) bond motifs is 1. The van der Waals surface area contributed by atoms with E-state index in [1.54, 1.807) is 7.11 Å². The van der Waals surface area contributed by atoms with Crippen molar-refractivity contribution in [1.82, 2.24) is 0 Å². The molecule has 1 aliphatic heterocycles. The Kier molecular flexibility index (Phi) is 4.49. The largest absolute Gasteiger partial charge is 0.496 e. The summed E-state index contributed by atoms with van der Waals surface area (Å²) in [5.41, 5.74) is 7.83. The van der Waals surface area contributed by atoms with E-state index in [4.69, 9.17) is 19.9 Å². The number of carbonyl (C=O) groups is 1. The highest BCUT2D eigenvalue weighted by Crippen LogP contribution is 2.38. The quantitative estimate of drug-likeness (QED) is 0.829. The van der Waals surface area contributed by atoms with Crippen LogP contribution in [0.3, 0.4) is 0 Å². The highest BCUT2D eigenvalue weighted by atomic mass is 16.5. The van der Waals surface area contributed by atoms with Crippen molar-refractivity contribution in [2.45, 2.75) is 31.8 Å². The van der Waals surface area contributed by atoms with Crippen LogP contribution in [0.5, 0.6) is 11.5 Å². The number of methoxy groups -OCH3 is 2. The molecule has 0 amide bonds. The first kappa shape index (κ1) is 14.7. The standard InChI is InChI=1S/C15H21NO4/c1-9-4-10-5-14(18-2)12(7-13(10)20-9)11(8-16)6-15(17)19-3/h5,7,9,11H,4,6,8,16H2,1-3H3. The van der Waals surface area contributed by atoms with E-state index in [0.29, 0.717) is 6.54 Å². The van der Waals surface area contributed by atoms with Gasteiger partial charge in [0.25, 0.3) is 0 Å². The molecule has 0 saturated heterocycles.